The van der Waals surface area contributed by atoms with Gasteiger partial charge in [-0.3, -0.25) is 0 Å². The fourth-order valence-electron chi connectivity index (χ4n) is 3.52. The summed E-state index contributed by atoms with van der Waals surface area (Å²) in [5, 5.41) is 0.611. The van der Waals surface area contributed by atoms with Crippen LogP contribution in [0.5, 0.6) is 11.5 Å². The molecule has 1 heterocycles. The van der Waals surface area contributed by atoms with Gasteiger partial charge in [0.15, 0.2) is 11.4 Å². The molecule has 4 rings (SSSR count). The van der Waals surface area contributed by atoms with Gasteiger partial charge in [-0.2, -0.15) is 0 Å². The highest BCUT2D eigenvalue weighted by atomic mass is 35.5. The Balaban J connectivity index is 1.68. The van der Waals surface area contributed by atoms with Crippen molar-refractivity contribution in [3.05, 3.63) is 89.2 Å². The number of fused-ring (bicyclic) bond motifs is 1. The average Bonchev–Trinajstić information content (AvgIpc) is 3.10. The van der Waals surface area contributed by atoms with Gasteiger partial charge in [0.05, 0.1) is 11.0 Å². The smallest absolute Gasteiger partial charge is 0.480 e. The quantitative estimate of drug-likeness (QED) is 0.312. The molecule has 0 aliphatic rings. The van der Waals surface area contributed by atoms with Crippen molar-refractivity contribution in [3.63, 3.8) is 0 Å². The minimum atomic E-state index is -4.72. The highest BCUT2D eigenvalue weighted by molar-refractivity contribution is 6.30. The van der Waals surface area contributed by atoms with Crippen molar-refractivity contribution < 1.29 is 22.6 Å². The first kappa shape index (κ1) is 22.0. The van der Waals surface area contributed by atoms with Crippen LogP contribution in [0.1, 0.15) is 25.2 Å². The topological polar surface area (TPSA) is 36.3 Å². The van der Waals surface area contributed by atoms with Gasteiger partial charge in [-0.05, 0) is 67.9 Å². The standard InChI is InChI=1S/C24H20ClF3N2O2/c1-23(2,31-18-13-9-17(25)10-14-18)22-29-20-5-3-4-6-21(20)30(22)15-16-7-11-19(12-8-16)32-24(26,27)28/h3-14H,15H2,1-2H3. The third kappa shape index (κ3) is 4.99. The maximum Gasteiger partial charge on any atom is 0.573 e. The van der Waals surface area contributed by atoms with E-state index in [1.54, 1.807) is 36.4 Å². The van der Waals surface area contributed by atoms with E-state index >= 15 is 0 Å². The average molecular weight is 461 g/mol. The number of rotatable bonds is 6. The summed E-state index contributed by atoms with van der Waals surface area (Å²) >= 11 is 5.97. The van der Waals surface area contributed by atoms with Crippen molar-refractivity contribution in [2.45, 2.75) is 32.4 Å². The summed E-state index contributed by atoms with van der Waals surface area (Å²) in [4.78, 5) is 4.80. The number of nitrogens with zero attached hydrogens (tertiary/aromatic N) is 2. The summed E-state index contributed by atoms with van der Waals surface area (Å²) in [6.45, 7) is 4.23. The third-order valence-electron chi connectivity index (χ3n) is 4.88. The number of para-hydroxylation sites is 2. The molecule has 1 aromatic heterocycles. The van der Waals surface area contributed by atoms with E-state index in [1.807, 2.05) is 42.7 Å². The number of halogens is 4. The zero-order valence-corrected chi connectivity index (χ0v) is 18.1. The summed E-state index contributed by atoms with van der Waals surface area (Å²) in [7, 11) is 0. The zero-order chi connectivity index (χ0) is 22.9. The van der Waals surface area contributed by atoms with Crippen LogP contribution in [0.3, 0.4) is 0 Å². The maximum atomic E-state index is 12.5. The minimum Gasteiger partial charge on any atom is -0.480 e. The molecule has 32 heavy (non-hydrogen) atoms. The number of aromatic nitrogens is 2. The Hall–Kier alpha value is -3.19. The van der Waals surface area contributed by atoms with Crippen LogP contribution in [0.2, 0.25) is 5.02 Å². The molecule has 0 N–H and O–H groups in total. The molecule has 0 saturated carbocycles. The lowest BCUT2D eigenvalue weighted by Gasteiger charge is -2.27. The molecule has 0 aliphatic heterocycles. The third-order valence-corrected chi connectivity index (χ3v) is 5.13. The second kappa shape index (κ2) is 8.39. The van der Waals surface area contributed by atoms with Crippen LogP contribution in [0.4, 0.5) is 13.2 Å². The van der Waals surface area contributed by atoms with Crippen LogP contribution in [-0.4, -0.2) is 15.9 Å². The summed E-state index contributed by atoms with van der Waals surface area (Å²) in [6, 6.07) is 20.6. The second-order valence-electron chi connectivity index (χ2n) is 7.77. The summed E-state index contributed by atoms with van der Waals surface area (Å²) in [6.07, 6.45) is -4.72. The van der Waals surface area contributed by atoms with Gasteiger partial charge < -0.3 is 14.0 Å². The lowest BCUT2D eigenvalue weighted by atomic mass is 10.1. The van der Waals surface area contributed by atoms with E-state index in [0.29, 0.717) is 23.1 Å². The Morgan fingerprint density at radius 1 is 0.844 bits per heavy atom. The summed E-state index contributed by atoms with van der Waals surface area (Å²) in [5.41, 5.74) is 1.69. The van der Waals surface area contributed by atoms with Gasteiger partial charge in [0, 0.05) is 11.6 Å². The summed E-state index contributed by atoms with van der Waals surface area (Å²) in [5.74, 6) is 1.07. The first-order chi connectivity index (χ1) is 15.1. The molecule has 0 unspecified atom stereocenters. The van der Waals surface area contributed by atoms with Crippen LogP contribution in [-0.2, 0) is 12.1 Å². The molecule has 4 aromatic rings. The molecule has 0 spiro atoms. The Labute approximate surface area is 188 Å². The van der Waals surface area contributed by atoms with Gasteiger partial charge >= 0.3 is 6.36 Å². The Morgan fingerprint density at radius 3 is 2.09 bits per heavy atom. The Morgan fingerprint density at radius 2 is 1.44 bits per heavy atom. The molecule has 0 radical (unpaired) electrons. The fourth-order valence-corrected chi connectivity index (χ4v) is 3.64. The molecular weight excluding hydrogens is 441 g/mol. The number of benzene rings is 3. The molecule has 0 atom stereocenters. The van der Waals surface area contributed by atoms with Crippen molar-refractivity contribution in [1.82, 2.24) is 9.55 Å². The van der Waals surface area contributed by atoms with Crippen LogP contribution >= 0.6 is 11.6 Å². The molecule has 0 bridgehead atoms. The number of imidazole rings is 1. The number of ether oxygens (including phenoxy) is 2. The number of hydrogen-bond acceptors (Lipinski definition) is 3. The highest BCUT2D eigenvalue weighted by Crippen LogP contribution is 2.31. The van der Waals surface area contributed by atoms with Crippen molar-refractivity contribution in [2.24, 2.45) is 0 Å². The second-order valence-corrected chi connectivity index (χ2v) is 8.20. The van der Waals surface area contributed by atoms with Gasteiger partial charge in [0.25, 0.3) is 0 Å². The van der Waals surface area contributed by atoms with Crippen molar-refractivity contribution in [2.75, 3.05) is 0 Å². The Kier molecular flexibility index (Phi) is 5.77. The molecule has 0 aliphatic carbocycles. The van der Waals surface area contributed by atoms with Crippen molar-refractivity contribution in [1.29, 1.82) is 0 Å². The Bertz CT molecular complexity index is 1220. The fraction of sp³-hybridized carbons (Fsp3) is 0.208. The highest BCUT2D eigenvalue weighted by Gasteiger charge is 2.32. The molecule has 4 nitrogen and oxygen atoms in total. The molecule has 0 amide bonds. The maximum absolute atomic E-state index is 12.5. The van der Waals surface area contributed by atoms with E-state index in [9.17, 15) is 13.2 Å². The molecule has 8 heteroatoms. The van der Waals surface area contributed by atoms with E-state index in [4.69, 9.17) is 21.3 Å². The normalized spacial score (nSPS) is 12.2. The lowest BCUT2D eigenvalue weighted by Crippen LogP contribution is -2.30. The first-order valence-electron chi connectivity index (χ1n) is 9.86. The van der Waals surface area contributed by atoms with Gasteiger partial charge in [0.2, 0.25) is 0 Å². The van der Waals surface area contributed by atoms with Gasteiger partial charge in [-0.15, -0.1) is 13.2 Å². The SMILES string of the molecule is CC(C)(Oc1ccc(Cl)cc1)c1nc2ccccc2n1Cc1ccc(OC(F)(F)F)cc1. The first-order valence-corrected chi connectivity index (χ1v) is 10.2. The molecular formula is C24H20ClF3N2O2. The number of alkyl halides is 3. The van der Waals surface area contributed by atoms with E-state index in [-0.39, 0.29) is 5.75 Å². The van der Waals surface area contributed by atoms with E-state index in [0.717, 1.165) is 16.6 Å². The lowest BCUT2D eigenvalue weighted by molar-refractivity contribution is -0.274. The zero-order valence-electron chi connectivity index (χ0n) is 17.4. The van der Waals surface area contributed by atoms with E-state index in [1.165, 1.54) is 12.1 Å². The van der Waals surface area contributed by atoms with Crippen LogP contribution in [0.15, 0.2) is 72.8 Å². The van der Waals surface area contributed by atoms with E-state index in [2.05, 4.69) is 4.74 Å². The minimum absolute atomic E-state index is 0.261. The number of hydrogen-bond donors (Lipinski definition) is 0. The van der Waals surface area contributed by atoms with Crippen molar-refractivity contribution in [3.8, 4) is 11.5 Å². The summed E-state index contributed by atoms with van der Waals surface area (Å²) < 4.78 is 49.6. The van der Waals surface area contributed by atoms with Gasteiger partial charge in [0.1, 0.15) is 11.5 Å². The van der Waals surface area contributed by atoms with Crippen molar-refractivity contribution >= 4 is 22.6 Å². The van der Waals surface area contributed by atoms with Crippen LogP contribution in [0, 0.1) is 0 Å². The van der Waals surface area contributed by atoms with Gasteiger partial charge in [-0.1, -0.05) is 35.9 Å². The monoisotopic (exact) mass is 460 g/mol. The van der Waals surface area contributed by atoms with E-state index < -0.39 is 12.0 Å². The predicted molar refractivity (Wildman–Crippen MR) is 117 cm³/mol. The van der Waals surface area contributed by atoms with Gasteiger partial charge in [-0.25, -0.2) is 4.98 Å². The van der Waals surface area contributed by atoms with Crippen LogP contribution < -0.4 is 9.47 Å². The predicted octanol–water partition coefficient (Wildman–Crippen LogP) is 6.95. The molecule has 166 valence electrons. The largest absolute Gasteiger partial charge is 0.573 e. The molecule has 0 saturated heterocycles. The van der Waals surface area contributed by atoms with Crippen LogP contribution in [0.25, 0.3) is 11.0 Å². The molecule has 3 aromatic carbocycles. The molecule has 0 fully saturated rings.